The van der Waals surface area contributed by atoms with Gasteiger partial charge in [-0.1, -0.05) is 56.0 Å². The molecule has 1 N–H and O–H groups in total. The van der Waals surface area contributed by atoms with Gasteiger partial charge in [0.05, 0.1) is 0 Å². The van der Waals surface area contributed by atoms with E-state index in [2.05, 4.69) is 42.0 Å². The minimum absolute atomic E-state index is 0.867. The Kier molecular flexibility index (Phi) is 5.69. The number of rotatable bonds is 6. The van der Waals surface area contributed by atoms with E-state index in [0.717, 1.165) is 18.7 Å². The molecule has 0 atom stereocenters. The minimum atomic E-state index is 0.867. The molecule has 0 aliphatic carbocycles. The third kappa shape index (κ3) is 4.14. The molecule has 0 spiro atoms. The molecule has 0 radical (unpaired) electrons. The van der Waals surface area contributed by atoms with Crippen LogP contribution < -0.4 is 5.32 Å². The first-order valence-electron chi connectivity index (χ1n) is 6.90. The molecule has 0 aromatic rings. The van der Waals surface area contributed by atoms with Crippen molar-refractivity contribution in [3.05, 3.63) is 70.8 Å². The maximum absolute atomic E-state index is 4.45. The van der Waals surface area contributed by atoms with Crippen LogP contribution in [0.1, 0.15) is 26.2 Å². The summed E-state index contributed by atoms with van der Waals surface area (Å²) < 4.78 is 0. The van der Waals surface area contributed by atoms with Crippen LogP contribution in [0.2, 0.25) is 0 Å². The van der Waals surface area contributed by atoms with Gasteiger partial charge in [0.15, 0.2) is 0 Å². The Morgan fingerprint density at radius 3 is 3.25 bits per heavy atom. The molecule has 3 heteroatoms. The number of nitrogens with one attached hydrogen (secondary N) is 1. The lowest BCUT2D eigenvalue weighted by Crippen LogP contribution is -2.18. The third-order valence-electron chi connectivity index (χ3n) is 2.90. The minimum Gasteiger partial charge on any atom is -0.350 e. The van der Waals surface area contributed by atoms with Crippen molar-refractivity contribution in [3.63, 3.8) is 0 Å². The molecule has 2 rings (SSSR count). The second-order valence-corrected chi connectivity index (χ2v) is 5.65. The predicted molar refractivity (Wildman–Crippen MR) is 90.4 cm³/mol. The maximum atomic E-state index is 4.45. The van der Waals surface area contributed by atoms with Crippen molar-refractivity contribution < 1.29 is 0 Å². The van der Waals surface area contributed by atoms with Crippen molar-refractivity contribution in [1.82, 2.24) is 5.32 Å². The largest absolute Gasteiger partial charge is 0.350 e. The van der Waals surface area contributed by atoms with Crippen molar-refractivity contribution in [2.45, 2.75) is 26.2 Å². The zero-order valence-corrected chi connectivity index (χ0v) is 12.6. The number of unbranched alkanes of at least 4 members (excludes halogenated alkanes) is 1. The van der Waals surface area contributed by atoms with Gasteiger partial charge in [-0.15, -0.1) is 0 Å². The fourth-order valence-corrected chi connectivity index (χ4v) is 2.85. The highest BCUT2D eigenvalue weighted by Gasteiger charge is 2.15. The van der Waals surface area contributed by atoms with E-state index in [-0.39, 0.29) is 0 Å². The van der Waals surface area contributed by atoms with Crippen LogP contribution in [0.25, 0.3) is 0 Å². The molecular formula is C17H20N2S. The first-order valence-corrected chi connectivity index (χ1v) is 7.71. The number of thioether (sulfide) groups is 1. The van der Waals surface area contributed by atoms with E-state index in [4.69, 9.17) is 0 Å². The number of nitrogens with zero attached hydrogens (tertiary/aromatic N) is 1. The zero-order chi connectivity index (χ0) is 14.2. The van der Waals surface area contributed by atoms with Gasteiger partial charge >= 0.3 is 0 Å². The van der Waals surface area contributed by atoms with Crippen molar-refractivity contribution in [1.29, 1.82) is 0 Å². The van der Waals surface area contributed by atoms with Crippen molar-refractivity contribution in [2.24, 2.45) is 4.99 Å². The molecule has 0 unspecified atom stereocenters. The number of aliphatic imine (C=N–C) groups is 1. The molecule has 2 nitrogen and oxygen atoms in total. The van der Waals surface area contributed by atoms with Crippen LogP contribution in [0.15, 0.2) is 75.8 Å². The summed E-state index contributed by atoms with van der Waals surface area (Å²) in [6.45, 7) is 5.98. The van der Waals surface area contributed by atoms with E-state index in [1.54, 1.807) is 11.8 Å². The average molecular weight is 284 g/mol. The van der Waals surface area contributed by atoms with Gasteiger partial charge in [-0.05, 0) is 24.1 Å². The molecule has 104 valence electrons. The van der Waals surface area contributed by atoms with E-state index < -0.39 is 0 Å². The van der Waals surface area contributed by atoms with Crippen LogP contribution in [0.5, 0.6) is 0 Å². The normalized spacial score (nSPS) is 18.1. The summed E-state index contributed by atoms with van der Waals surface area (Å²) in [4.78, 5) is 6.85. The zero-order valence-electron chi connectivity index (χ0n) is 11.8. The monoisotopic (exact) mass is 284 g/mol. The first kappa shape index (κ1) is 14.7. The Balaban J connectivity index is 2.14. The summed E-state index contributed by atoms with van der Waals surface area (Å²) in [6, 6.07) is 0. The van der Waals surface area contributed by atoms with Gasteiger partial charge in [-0.2, -0.15) is 0 Å². The smallest absolute Gasteiger partial charge is 0.110 e. The van der Waals surface area contributed by atoms with Crippen molar-refractivity contribution in [3.8, 4) is 0 Å². The second kappa shape index (κ2) is 7.75. The number of amidine groups is 1. The highest BCUT2D eigenvalue weighted by Crippen LogP contribution is 2.35. The number of hydrogen-bond donors (Lipinski definition) is 1. The van der Waals surface area contributed by atoms with Gasteiger partial charge in [0.1, 0.15) is 5.84 Å². The van der Waals surface area contributed by atoms with E-state index in [1.807, 2.05) is 30.6 Å². The fourth-order valence-electron chi connectivity index (χ4n) is 1.90. The standard InChI is InChI=1S/C17H20N2S/c1-3-5-6-10-15(8-4-2)20-16-13-19-17-12-14(16)9-7-11-18-17/h4,6-11,13H,2-3,5,12H2,1H3,(H,18,19)/b10-6-,15-8+. The van der Waals surface area contributed by atoms with E-state index in [1.165, 1.54) is 21.8 Å². The molecule has 0 amide bonds. The van der Waals surface area contributed by atoms with Gasteiger partial charge in [0.25, 0.3) is 0 Å². The molecule has 2 aliphatic heterocycles. The molecule has 0 saturated heterocycles. The van der Waals surface area contributed by atoms with E-state index >= 15 is 0 Å². The van der Waals surface area contributed by atoms with Gasteiger partial charge in [0, 0.05) is 28.6 Å². The Bertz CT molecular complexity index is 545. The number of hydrogen-bond acceptors (Lipinski definition) is 3. The fraction of sp³-hybridized carbons (Fsp3) is 0.235. The molecule has 20 heavy (non-hydrogen) atoms. The summed E-state index contributed by atoms with van der Waals surface area (Å²) in [5.74, 6) is 1.00. The molecule has 0 saturated carbocycles. The van der Waals surface area contributed by atoms with Gasteiger partial charge in [0.2, 0.25) is 0 Å². The molecular weight excluding hydrogens is 264 g/mol. The first-order chi connectivity index (χ1) is 9.83. The average Bonchev–Trinajstić information content (AvgIpc) is 2.65. The van der Waals surface area contributed by atoms with Crippen LogP contribution in [0, 0.1) is 0 Å². The summed E-state index contributed by atoms with van der Waals surface area (Å²) in [7, 11) is 0. The van der Waals surface area contributed by atoms with Crippen molar-refractivity contribution in [2.75, 3.05) is 0 Å². The Hall–Kier alpha value is -1.74. The predicted octanol–water partition coefficient (Wildman–Crippen LogP) is 4.83. The third-order valence-corrected chi connectivity index (χ3v) is 4.00. The summed E-state index contributed by atoms with van der Waals surface area (Å²) in [6.07, 6.45) is 19.4. The molecule has 2 heterocycles. The van der Waals surface area contributed by atoms with E-state index in [0.29, 0.717) is 0 Å². The highest BCUT2D eigenvalue weighted by atomic mass is 32.2. The molecule has 0 fully saturated rings. The molecule has 2 aliphatic rings. The van der Waals surface area contributed by atoms with Crippen LogP contribution in [0.3, 0.4) is 0 Å². The summed E-state index contributed by atoms with van der Waals surface area (Å²) >= 11 is 1.75. The van der Waals surface area contributed by atoms with Gasteiger partial charge in [-0.25, -0.2) is 4.99 Å². The topological polar surface area (TPSA) is 24.4 Å². The number of allylic oxidation sites excluding steroid dienone is 7. The van der Waals surface area contributed by atoms with Gasteiger partial charge < -0.3 is 5.32 Å². The molecule has 0 aromatic carbocycles. The lowest BCUT2D eigenvalue weighted by Gasteiger charge is -2.15. The number of fused-ring (bicyclic) bond motifs is 2. The molecule has 0 aromatic heterocycles. The van der Waals surface area contributed by atoms with Crippen LogP contribution in [-0.4, -0.2) is 5.84 Å². The summed E-state index contributed by atoms with van der Waals surface area (Å²) in [5, 5.41) is 3.17. The molecule has 2 bridgehead atoms. The van der Waals surface area contributed by atoms with Crippen molar-refractivity contribution >= 4 is 17.6 Å². The Morgan fingerprint density at radius 1 is 1.55 bits per heavy atom. The Morgan fingerprint density at radius 2 is 2.45 bits per heavy atom. The van der Waals surface area contributed by atoms with Crippen LogP contribution in [0.4, 0.5) is 0 Å². The SMILES string of the molecule is C=C/C=C(\C=C/CCC)SC1=CN=C2CC1=CC=CN2. The second-order valence-electron chi connectivity index (χ2n) is 4.54. The van der Waals surface area contributed by atoms with Gasteiger partial charge in [-0.3, -0.25) is 0 Å². The highest BCUT2D eigenvalue weighted by molar-refractivity contribution is 8.07. The maximum Gasteiger partial charge on any atom is 0.110 e. The lowest BCUT2D eigenvalue weighted by atomic mass is 10.1. The Labute approximate surface area is 125 Å². The van der Waals surface area contributed by atoms with E-state index in [9.17, 15) is 0 Å². The summed E-state index contributed by atoms with van der Waals surface area (Å²) in [5.41, 5.74) is 1.31. The lowest BCUT2D eigenvalue weighted by molar-refractivity contribution is 0.958. The van der Waals surface area contributed by atoms with Crippen LogP contribution in [-0.2, 0) is 0 Å². The van der Waals surface area contributed by atoms with Crippen LogP contribution >= 0.6 is 11.8 Å². The quantitative estimate of drug-likeness (QED) is 0.706.